The van der Waals surface area contributed by atoms with Crippen LogP contribution in [0.2, 0.25) is 0 Å². The zero-order valence-corrected chi connectivity index (χ0v) is 29.5. The van der Waals surface area contributed by atoms with Crippen molar-refractivity contribution in [3.05, 3.63) is 61.7 Å². The van der Waals surface area contributed by atoms with Gasteiger partial charge in [-0.2, -0.15) is 0 Å². The zero-order valence-electron chi connectivity index (χ0n) is 25.7. The molecule has 13 heteroatoms. The average Bonchev–Trinajstić information content (AvgIpc) is 3.42. The van der Waals surface area contributed by atoms with Crippen molar-refractivity contribution in [3.63, 3.8) is 0 Å². The number of halogens is 2. The Hall–Kier alpha value is -2.36. The number of aryl methyl sites for hydroxylation is 1. The quantitative estimate of drug-likeness (QED) is 0.0809. The maximum Gasteiger partial charge on any atom is 0.407 e. The second-order valence-electron chi connectivity index (χ2n) is 12.5. The van der Waals surface area contributed by atoms with Gasteiger partial charge in [0.05, 0.1) is 40.3 Å². The number of carbonyl (C=O) groups is 1. The van der Waals surface area contributed by atoms with Gasteiger partial charge in [-0.3, -0.25) is 10.2 Å². The van der Waals surface area contributed by atoms with E-state index < -0.39 is 17.7 Å². The number of alkyl halides is 1. The second kappa shape index (κ2) is 12.6. The van der Waals surface area contributed by atoms with Crippen molar-refractivity contribution < 1.29 is 23.8 Å². The van der Waals surface area contributed by atoms with Gasteiger partial charge in [0.2, 0.25) is 5.90 Å². The van der Waals surface area contributed by atoms with Crippen molar-refractivity contribution in [1.29, 1.82) is 5.41 Å². The van der Waals surface area contributed by atoms with Gasteiger partial charge in [-0.15, -0.1) is 0 Å². The maximum atomic E-state index is 15.2. The number of carbonyl (C=O) groups excluding carboxylic acids is 1. The van der Waals surface area contributed by atoms with E-state index in [-0.39, 0.29) is 48.2 Å². The number of rotatable bonds is 7. The summed E-state index contributed by atoms with van der Waals surface area (Å²) in [5, 5.41) is 23.9. The highest BCUT2D eigenvalue weighted by Crippen LogP contribution is 2.46. The van der Waals surface area contributed by atoms with Gasteiger partial charge in [-0.25, -0.2) is 14.2 Å². The van der Waals surface area contributed by atoms with Gasteiger partial charge >= 0.3 is 6.09 Å². The van der Waals surface area contributed by atoms with Crippen LogP contribution in [0, 0.1) is 18.2 Å². The number of hydrogen-bond donors (Lipinski definition) is 3. The molecule has 3 aromatic rings. The lowest BCUT2D eigenvalue weighted by atomic mass is 9.81. The third kappa shape index (κ3) is 5.23. The van der Waals surface area contributed by atoms with Gasteiger partial charge in [0, 0.05) is 32.8 Å². The first-order valence-corrected chi connectivity index (χ1v) is 19.7. The van der Waals surface area contributed by atoms with Crippen LogP contribution in [0.1, 0.15) is 84.9 Å². The van der Waals surface area contributed by atoms with E-state index in [1.807, 2.05) is 21.6 Å². The molecule has 244 valence electrons. The van der Waals surface area contributed by atoms with Gasteiger partial charge in [-0.05, 0) is 68.2 Å². The van der Waals surface area contributed by atoms with Gasteiger partial charge in [0.1, 0.15) is 18.5 Å². The fourth-order valence-electron chi connectivity index (χ4n) is 7.52. The Morgan fingerprint density at radius 1 is 1.28 bits per heavy atom. The van der Waals surface area contributed by atoms with Crippen LogP contribution in [0.3, 0.4) is 0 Å². The molecular weight excluding hydrogens is 742 g/mol. The highest BCUT2D eigenvalue weighted by atomic mass is 127. The third-order valence-corrected chi connectivity index (χ3v) is 14.2. The molecule has 1 amide bonds. The first-order valence-electron chi connectivity index (χ1n) is 15.8. The standard InChI is InChI=1S/C33H36FIN4O5S2/c1-3-33(42)20-12-24-29-18(14-39(24)30(40)19(20)15-43-31(33)36)28-22(9-8-17-16(2)21(34)13-23(37-29)27(17)28)38-32(41)44-25-6-4-5-7-26(25)46-45-11-10-35/h12-13,22,25-26,36,42H,3-11,14-15H2,1-2H3,(H,38,41)/t22-,25-,26-,33-/m0/s1. The lowest BCUT2D eigenvalue weighted by Gasteiger charge is -2.33. The van der Waals surface area contributed by atoms with Gasteiger partial charge < -0.3 is 24.5 Å². The van der Waals surface area contributed by atoms with E-state index in [0.717, 1.165) is 57.9 Å². The number of amides is 1. The molecule has 4 heterocycles. The topological polar surface area (TPSA) is 127 Å². The Bertz CT molecular complexity index is 1840. The van der Waals surface area contributed by atoms with Crippen LogP contribution in [0.5, 0.6) is 0 Å². The largest absolute Gasteiger partial charge is 0.474 e. The van der Waals surface area contributed by atoms with E-state index in [4.69, 9.17) is 19.9 Å². The molecule has 2 aliphatic heterocycles. The summed E-state index contributed by atoms with van der Waals surface area (Å²) in [6.07, 6.45) is 4.66. The number of nitrogens with one attached hydrogen (secondary N) is 2. The van der Waals surface area contributed by atoms with E-state index in [2.05, 4.69) is 27.9 Å². The zero-order chi connectivity index (χ0) is 32.3. The molecule has 0 unspecified atom stereocenters. The van der Waals surface area contributed by atoms with Crippen LogP contribution < -0.4 is 10.9 Å². The number of benzene rings is 1. The molecule has 4 aliphatic rings. The molecule has 1 saturated carbocycles. The van der Waals surface area contributed by atoms with E-state index in [0.29, 0.717) is 46.4 Å². The Morgan fingerprint density at radius 2 is 2.09 bits per heavy atom. The van der Waals surface area contributed by atoms with Gasteiger partial charge in [0.15, 0.2) is 5.60 Å². The average molecular weight is 779 g/mol. The molecule has 1 aromatic carbocycles. The molecule has 0 spiro atoms. The summed E-state index contributed by atoms with van der Waals surface area (Å²) in [4.78, 5) is 32.4. The van der Waals surface area contributed by atoms with Crippen LogP contribution in [-0.2, 0) is 34.6 Å². The Balaban J connectivity index is 1.29. The monoisotopic (exact) mass is 778 g/mol. The fourth-order valence-corrected chi connectivity index (χ4v) is 11.7. The lowest BCUT2D eigenvalue weighted by Crippen LogP contribution is -2.44. The van der Waals surface area contributed by atoms with Crippen LogP contribution in [0.15, 0.2) is 16.9 Å². The van der Waals surface area contributed by atoms with Gasteiger partial charge in [0.25, 0.3) is 5.56 Å². The third-order valence-electron chi connectivity index (χ3n) is 9.97. The fraction of sp³-hybridized carbons (Fsp3) is 0.515. The second-order valence-corrected chi connectivity index (χ2v) is 16.3. The molecule has 2 aliphatic carbocycles. The van der Waals surface area contributed by atoms with Crippen LogP contribution >= 0.6 is 44.2 Å². The van der Waals surface area contributed by atoms with Gasteiger partial charge in [-0.1, -0.05) is 57.5 Å². The lowest BCUT2D eigenvalue weighted by molar-refractivity contribution is 0.0529. The SMILES string of the molecule is CC[C@@]1(O)C(=N)OCc2c1cc1n(c2=O)Cc2c-1nc1cc(F)c(C)c3c1c2[C@@H](NC(=O)O[C@H]1CCCC[C@@H]1SSCCI)CC3. The number of alkyl carbamates (subject to hydrolysis) is 1. The minimum absolute atomic E-state index is 0.101. The Labute approximate surface area is 287 Å². The van der Waals surface area contributed by atoms with Crippen molar-refractivity contribution >= 4 is 67.1 Å². The molecule has 0 radical (unpaired) electrons. The number of pyridine rings is 2. The van der Waals surface area contributed by atoms with Crippen LogP contribution in [-0.4, -0.2) is 48.2 Å². The highest BCUT2D eigenvalue weighted by Gasteiger charge is 2.44. The molecule has 0 bridgehead atoms. The molecular formula is C33H36FIN4O5S2. The van der Waals surface area contributed by atoms with Crippen molar-refractivity contribution in [2.45, 2.75) is 94.9 Å². The number of hydrogen-bond acceptors (Lipinski definition) is 9. The van der Waals surface area contributed by atoms with E-state index in [1.165, 1.54) is 6.07 Å². The molecule has 1 fully saturated rings. The molecule has 3 N–H and O–H groups in total. The van der Waals surface area contributed by atoms with Crippen molar-refractivity contribution in [1.82, 2.24) is 14.9 Å². The number of nitrogens with zero attached hydrogens (tertiary/aromatic N) is 2. The van der Waals surface area contributed by atoms with Crippen molar-refractivity contribution in [3.8, 4) is 11.4 Å². The van der Waals surface area contributed by atoms with E-state index in [1.54, 1.807) is 24.5 Å². The summed E-state index contributed by atoms with van der Waals surface area (Å²) in [6.45, 7) is 3.63. The van der Waals surface area contributed by atoms with E-state index in [9.17, 15) is 14.7 Å². The van der Waals surface area contributed by atoms with Crippen LogP contribution in [0.25, 0.3) is 22.3 Å². The highest BCUT2D eigenvalue weighted by molar-refractivity contribution is 14.1. The molecule has 0 saturated heterocycles. The summed E-state index contributed by atoms with van der Waals surface area (Å²) in [6, 6.07) is 2.74. The molecule has 9 nitrogen and oxygen atoms in total. The molecule has 46 heavy (non-hydrogen) atoms. The Morgan fingerprint density at radius 3 is 2.87 bits per heavy atom. The van der Waals surface area contributed by atoms with Crippen LogP contribution in [0.4, 0.5) is 9.18 Å². The minimum Gasteiger partial charge on any atom is -0.474 e. The Kier molecular flexibility index (Phi) is 8.81. The van der Waals surface area contributed by atoms with E-state index >= 15 is 4.39 Å². The first kappa shape index (κ1) is 32.2. The summed E-state index contributed by atoms with van der Waals surface area (Å²) in [7, 11) is 3.65. The number of fused-ring (bicyclic) bond motifs is 5. The summed E-state index contributed by atoms with van der Waals surface area (Å²) in [5.74, 6) is 0.408. The normalized spacial score (nSPS) is 24.6. The minimum atomic E-state index is -1.73. The van der Waals surface area contributed by atoms with Crippen molar-refractivity contribution in [2.75, 3.05) is 10.2 Å². The summed E-state index contributed by atoms with van der Waals surface area (Å²) in [5.41, 5.74) is 3.15. The summed E-state index contributed by atoms with van der Waals surface area (Å²) < 4.78 is 29.5. The first-order chi connectivity index (χ1) is 22.2. The predicted octanol–water partition coefficient (Wildman–Crippen LogP) is 6.82. The smallest absolute Gasteiger partial charge is 0.407 e. The summed E-state index contributed by atoms with van der Waals surface area (Å²) >= 11 is 2.37. The predicted molar refractivity (Wildman–Crippen MR) is 188 cm³/mol. The van der Waals surface area contributed by atoms with Crippen molar-refractivity contribution in [2.24, 2.45) is 0 Å². The number of aromatic nitrogens is 2. The molecule has 7 rings (SSSR count). The molecule has 4 atom stereocenters. The maximum absolute atomic E-state index is 15.2. The molecule has 2 aromatic heterocycles. The number of aliphatic hydroxyl groups is 1. The number of ether oxygens (including phenoxy) is 2.